The van der Waals surface area contributed by atoms with Gasteiger partial charge in [0.25, 0.3) is 5.91 Å². The van der Waals surface area contributed by atoms with Gasteiger partial charge in [0, 0.05) is 25.4 Å². The maximum atomic E-state index is 12.6. The first-order valence-electron chi connectivity index (χ1n) is 12.6. The molecule has 0 radical (unpaired) electrons. The molecule has 0 saturated heterocycles. The van der Waals surface area contributed by atoms with E-state index in [1.165, 1.54) is 41.2 Å². The van der Waals surface area contributed by atoms with Crippen molar-refractivity contribution in [2.24, 2.45) is 5.92 Å². The predicted molar refractivity (Wildman–Crippen MR) is 140 cm³/mol. The molecule has 11 heteroatoms. The molecule has 1 fully saturated rings. The largest absolute Gasteiger partial charge is 0.573 e. The number of aromatic nitrogens is 2. The van der Waals surface area contributed by atoms with Gasteiger partial charge in [0.05, 0.1) is 4.88 Å². The number of carbonyl (C=O) groups is 2. The smallest absolute Gasteiger partial charge is 0.481 e. The number of carboxylic acid groups (broad SMARTS) is 1. The zero-order valence-electron chi connectivity index (χ0n) is 20.8. The predicted octanol–water partition coefficient (Wildman–Crippen LogP) is 6.64. The second-order valence-corrected chi connectivity index (χ2v) is 10.7. The van der Waals surface area contributed by atoms with E-state index in [9.17, 15) is 22.8 Å². The number of halogens is 3. The van der Waals surface area contributed by atoms with E-state index in [1.807, 2.05) is 6.20 Å². The van der Waals surface area contributed by atoms with Gasteiger partial charge in [0.2, 0.25) is 0 Å². The van der Waals surface area contributed by atoms with Gasteiger partial charge in [-0.1, -0.05) is 47.7 Å². The normalized spacial score (nSPS) is 17.7. The van der Waals surface area contributed by atoms with Crippen LogP contribution in [-0.2, 0) is 11.3 Å². The van der Waals surface area contributed by atoms with Crippen LogP contribution in [-0.4, -0.2) is 32.7 Å². The van der Waals surface area contributed by atoms with E-state index >= 15 is 0 Å². The number of ether oxygens (including phenoxy) is 1. The highest BCUT2D eigenvalue weighted by atomic mass is 32.1. The van der Waals surface area contributed by atoms with Crippen molar-refractivity contribution >= 4 is 28.2 Å². The lowest BCUT2D eigenvalue weighted by Gasteiger charge is -2.28. The molecule has 1 aliphatic carbocycles. The first-order chi connectivity index (χ1) is 18.6. The number of fused-ring (bicyclic) bond motifs is 1. The second-order valence-electron chi connectivity index (χ2n) is 9.72. The van der Waals surface area contributed by atoms with Crippen LogP contribution in [0.15, 0.2) is 60.9 Å². The lowest BCUT2D eigenvalue weighted by Crippen LogP contribution is -2.23. The lowest BCUT2D eigenvalue weighted by molar-refractivity contribution is -0.274. The number of carboxylic acids is 1. The topological polar surface area (TPSA) is 92.9 Å². The molecule has 39 heavy (non-hydrogen) atoms. The average Bonchev–Trinajstić information content (AvgIpc) is 3.47. The Balaban J connectivity index is 1.17. The molecule has 1 aliphatic rings. The Bertz CT molecular complexity index is 1420. The van der Waals surface area contributed by atoms with Crippen LogP contribution < -0.4 is 10.1 Å². The van der Waals surface area contributed by atoms with Crippen LogP contribution in [0.5, 0.6) is 5.75 Å². The molecule has 204 valence electrons. The molecule has 0 spiro atoms. The Kier molecular flexibility index (Phi) is 7.60. The minimum absolute atomic E-state index is 0.134. The Hall–Kier alpha value is -3.86. The van der Waals surface area contributed by atoms with Gasteiger partial charge >= 0.3 is 12.3 Å². The molecule has 1 amide bonds. The van der Waals surface area contributed by atoms with Gasteiger partial charge in [-0.3, -0.25) is 14.0 Å². The number of imidazole rings is 1. The number of amides is 1. The van der Waals surface area contributed by atoms with Crippen molar-refractivity contribution in [1.82, 2.24) is 14.7 Å². The van der Waals surface area contributed by atoms with Gasteiger partial charge in [0.15, 0.2) is 4.96 Å². The number of hydrogen-bond acceptors (Lipinski definition) is 5. The second kappa shape index (κ2) is 11.1. The third-order valence-corrected chi connectivity index (χ3v) is 8.02. The fourth-order valence-electron chi connectivity index (χ4n) is 4.99. The summed E-state index contributed by atoms with van der Waals surface area (Å²) in [5.41, 5.74) is 3.20. The number of rotatable bonds is 8. The van der Waals surface area contributed by atoms with E-state index in [0.717, 1.165) is 36.1 Å². The van der Waals surface area contributed by atoms with E-state index < -0.39 is 12.3 Å². The Morgan fingerprint density at radius 3 is 2.33 bits per heavy atom. The summed E-state index contributed by atoms with van der Waals surface area (Å²) in [4.78, 5) is 29.6. The highest BCUT2D eigenvalue weighted by Crippen LogP contribution is 2.38. The standard InChI is InChI=1S/C28H26F3N3O4S/c29-28(30,31)38-22-11-3-18(4-12-22)14-32-26(37)23-15-34-16-24(39-27(34)33-23)21-9-7-20(8-10-21)19-5-1-17(2-6-19)13-25(35)36/h3-4,7-12,15-17,19H,1-2,5-6,13-14H2,(H,32,37)(H,35,36)/t17-,19-. The van der Waals surface area contributed by atoms with Crippen LogP contribution in [0.2, 0.25) is 0 Å². The molecule has 2 heterocycles. The third-order valence-electron chi connectivity index (χ3n) is 6.98. The number of nitrogens with zero attached hydrogens (tertiary/aromatic N) is 2. The van der Waals surface area contributed by atoms with Crippen LogP contribution in [0.3, 0.4) is 0 Å². The summed E-state index contributed by atoms with van der Waals surface area (Å²) in [5.74, 6) is -0.689. The first kappa shape index (κ1) is 26.7. The highest BCUT2D eigenvalue weighted by Gasteiger charge is 2.31. The third kappa shape index (κ3) is 6.78. The van der Waals surface area contributed by atoms with Crippen LogP contribution in [0.4, 0.5) is 13.2 Å². The molecular weight excluding hydrogens is 531 g/mol. The molecule has 0 atom stereocenters. The van der Waals surface area contributed by atoms with Gasteiger partial charge in [-0.2, -0.15) is 0 Å². The summed E-state index contributed by atoms with van der Waals surface area (Å²) >= 11 is 1.47. The fraction of sp³-hybridized carbons (Fsp3) is 0.321. The molecular formula is C28H26F3N3O4S. The zero-order chi connectivity index (χ0) is 27.6. The minimum atomic E-state index is -4.75. The van der Waals surface area contributed by atoms with Crippen molar-refractivity contribution in [2.75, 3.05) is 0 Å². The van der Waals surface area contributed by atoms with Crippen molar-refractivity contribution in [3.63, 3.8) is 0 Å². The molecule has 0 aliphatic heterocycles. The van der Waals surface area contributed by atoms with Gasteiger partial charge < -0.3 is 15.2 Å². The Morgan fingerprint density at radius 2 is 1.72 bits per heavy atom. The van der Waals surface area contributed by atoms with Gasteiger partial charge in [-0.15, -0.1) is 13.2 Å². The van der Waals surface area contributed by atoms with E-state index in [0.29, 0.717) is 16.4 Å². The number of carbonyl (C=O) groups excluding carboxylic acids is 1. The molecule has 7 nitrogen and oxygen atoms in total. The summed E-state index contributed by atoms with van der Waals surface area (Å²) in [5, 5.41) is 11.7. The van der Waals surface area contributed by atoms with Crippen molar-refractivity contribution in [1.29, 1.82) is 0 Å². The summed E-state index contributed by atoms with van der Waals surface area (Å²) in [7, 11) is 0. The summed E-state index contributed by atoms with van der Waals surface area (Å²) in [6, 6.07) is 13.8. The van der Waals surface area contributed by atoms with Crippen LogP contribution in [0.25, 0.3) is 15.4 Å². The van der Waals surface area contributed by atoms with Gasteiger partial charge in [-0.25, -0.2) is 4.98 Å². The molecule has 1 saturated carbocycles. The molecule has 2 aromatic carbocycles. The van der Waals surface area contributed by atoms with E-state index in [2.05, 4.69) is 39.3 Å². The Morgan fingerprint density at radius 1 is 1.03 bits per heavy atom. The summed E-state index contributed by atoms with van der Waals surface area (Å²) < 4.78 is 42.5. The number of nitrogens with one attached hydrogen (secondary N) is 1. The number of alkyl halides is 3. The van der Waals surface area contributed by atoms with Crippen LogP contribution in [0, 0.1) is 5.92 Å². The van der Waals surface area contributed by atoms with E-state index in [1.54, 1.807) is 10.6 Å². The first-order valence-corrected chi connectivity index (χ1v) is 13.4. The van der Waals surface area contributed by atoms with Crippen LogP contribution in [0.1, 0.15) is 59.6 Å². The number of hydrogen-bond donors (Lipinski definition) is 2. The quantitative estimate of drug-likeness (QED) is 0.253. The van der Waals surface area contributed by atoms with E-state index in [-0.39, 0.29) is 36.2 Å². The van der Waals surface area contributed by atoms with Gasteiger partial charge in [0.1, 0.15) is 11.4 Å². The van der Waals surface area contributed by atoms with Crippen LogP contribution >= 0.6 is 11.3 Å². The lowest BCUT2D eigenvalue weighted by atomic mass is 9.77. The average molecular weight is 558 g/mol. The van der Waals surface area contributed by atoms with E-state index in [4.69, 9.17) is 5.11 Å². The maximum absolute atomic E-state index is 12.6. The fourth-order valence-corrected chi connectivity index (χ4v) is 5.96. The highest BCUT2D eigenvalue weighted by molar-refractivity contribution is 7.20. The maximum Gasteiger partial charge on any atom is 0.573 e. The molecule has 2 aromatic heterocycles. The number of aliphatic carboxylic acids is 1. The van der Waals surface area contributed by atoms with Crippen molar-refractivity contribution in [3.8, 4) is 16.2 Å². The van der Waals surface area contributed by atoms with Crippen molar-refractivity contribution in [3.05, 3.63) is 77.7 Å². The van der Waals surface area contributed by atoms with Crippen molar-refractivity contribution < 1.29 is 32.6 Å². The monoisotopic (exact) mass is 557 g/mol. The SMILES string of the molecule is O=C(O)C[C@H]1CC[C@H](c2ccc(-c3cn4cc(C(=O)NCc5ccc(OC(F)(F)F)cc5)nc4s3)cc2)CC1. The zero-order valence-corrected chi connectivity index (χ0v) is 21.6. The Labute approximate surface area is 226 Å². The van der Waals surface area contributed by atoms with Crippen molar-refractivity contribution in [2.45, 2.75) is 50.9 Å². The minimum Gasteiger partial charge on any atom is -0.481 e. The molecule has 0 bridgehead atoms. The summed E-state index contributed by atoms with van der Waals surface area (Å²) in [6.07, 6.45) is 2.98. The molecule has 2 N–H and O–H groups in total. The summed E-state index contributed by atoms with van der Waals surface area (Å²) in [6.45, 7) is 0.134. The molecule has 5 rings (SSSR count). The molecule has 0 unspecified atom stereocenters. The number of thiazole rings is 1. The van der Waals surface area contributed by atoms with Gasteiger partial charge in [-0.05, 0) is 66.3 Å². The number of benzene rings is 2. The molecule has 4 aromatic rings.